The molecule has 0 aliphatic carbocycles. The lowest BCUT2D eigenvalue weighted by Gasteiger charge is -2.22. The first-order valence-corrected chi connectivity index (χ1v) is 7.59. The predicted molar refractivity (Wildman–Crippen MR) is 78.9 cm³/mol. The zero-order valence-corrected chi connectivity index (χ0v) is 13.3. The molecule has 1 aromatic rings. The van der Waals surface area contributed by atoms with E-state index in [9.17, 15) is 13.2 Å². The van der Waals surface area contributed by atoms with E-state index in [4.69, 9.17) is 4.74 Å². The molecule has 6 heteroatoms. The maximum absolute atomic E-state index is 12.5. The minimum atomic E-state index is -4.19. The third-order valence-electron chi connectivity index (χ3n) is 3.86. The van der Waals surface area contributed by atoms with Gasteiger partial charge in [-0.15, -0.1) is 0 Å². The van der Waals surface area contributed by atoms with Crippen molar-refractivity contribution in [3.05, 3.63) is 29.1 Å². The number of aromatic nitrogens is 1. The number of hydrogen-bond donors (Lipinski definition) is 0. The monoisotopic (exact) mass is 316 g/mol. The van der Waals surface area contributed by atoms with Crippen LogP contribution in [-0.2, 0) is 11.3 Å². The van der Waals surface area contributed by atoms with E-state index in [1.54, 1.807) is 0 Å². The van der Waals surface area contributed by atoms with Gasteiger partial charge < -0.3 is 4.74 Å². The molecule has 0 amide bonds. The Balaban J connectivity index is 2.23. The average molecular weight is 316 g/mol. The van der Waals surface area contributed by atoms with E-state index in [1.807, 2.05) is 26.0 Å². The molecule has 0 N–H and O–H groups in total. The van der Waals surface area contributed by atoms with Gasteiger partial charge in [-0.3, -0.25) is 9.88 Å². The minimum Gasteiger partial charge on any atom is -0.381 e. The molecule has 124 valence electrons. The van der Waals surface area contributed by atoms with Crippen molar-refractivity contribution in [2.24, 2.45) is 0 Å². The summed E-state index contributed by atoms with van der Waals surface area (Å²) in [6.45, 7) is 4.66. The van der Waals surface area contributed by atoms with E-state index in [1.165, 1.54) is 11.9 Å². The second kappa shape index (κ2) is 6.96. The van der Waals surface area contributed by atoms with Gasteiger partial charge in [-0.1, -0.05) is 19.9 Å². The highest BCUT2D eigenvalue weighted by atomic mass is 19.4. The zero-order valence-electron chi connectivity index (χ0n) is 13.3. The minimum absolute atomic E-state index is 0.200. The van der Waals surface area contributed by atoms with E-state index in [0.717, 1.165) is 23.4 Å². The summed E-state index contributed by atoms with van der Waals surface area (Å²) in [5, 5.41) is 0. The summed E-state index contributed by atoms with van der Waals surface area (Å²) in [4.78, 5) is 5.89. The van der Waals surface area contributed by atoms with Crippen LogP contribution in [0.1, 0.15) is 49.1 Å². The van der Waals surface area contributed by atoms with Crippen molar-refractivity contribution in [1.29, 1.82) is 0 Å². The summed E-state index contributed by atoms with van der Waals surface area (Å²) in [6, 6.07) is 3.99. The van der Waals surface area contributed by atoms with Crippen molar-refractivity contribution in [1.82, 2.24) is 9.88 Å². The van der Waals surface area contributed by atoms with Gasteiger partial charge in [-0.25, -0.2) is 0 Å². The van der Waals surface area contributed by atoms with E-state index in [0.29, 0.717) is 13.2 Å². The average Bonchev–Trinajstić information content (AvgIpc) is 2.89. The lowest BCUT2D eigenvalue weighted by atomic mass is 9.95. The van der Waals surface area contributed by atoms with Crippen LogP contribution in [0.15, 0.2) is 12.1 Å². The van der Waals surface area contributed by atoms with Crippen molar-refractivity contribution in [2.45, 2.75) is 44.8 Å². The van der Waals surface area contributed by atoms with Gasteiger partial charge in [-0.2, -0.15) is 13.2 Å². The number of halogens is 3. The summed E-state index contributed by atoms with van der Waals surface area (Å²) in [5.74, 6) is 0.489. The molecule has 3 nitrogen and oxygen atoms in total. The number of rotatable bonds is 5. The molecule has 0 saturated carbocycles. The lowest BCUT2D eigenvalue weighted by molar-refractivity contribution is -0.144. The van der Waals surface area contributed by atoms with Gasteiger partial charge in [0.2, 0.25) is 0 Å². The number of hydrogen-bond acceptors (Lipinski definition) is 3. The van der Waals surface area contributed by atoms with Crippen molar-refractivity contribution in [3.8, 4) is 0 Å². The number of alkyl halides is 3. The lowest BCUT2D eigenvalue weighted by Crippen LogP contribution is -2.31. The van der Waals surface area contributed by atoms with Crippen LogP contribution in [0.25, 0.3) is 0 Å². The molecule has 0 unspecified atom stereocenters. The van der Waals surface area contributed by atoms with Crippen molar-refractivity contribution < 1.29 is 17.9 Å². The van der Waals surface area contributed by atoms with E-state index in [2.05, 4.69) is 4.98 Å². The Morgan fingerprint density at radius 1 is 1.36 bits per heavy atom. The Morgan fingerprint density at radius 2 is 2.09 bits per heavy atom. The highest BCUT2D eigenvalue weighted by Crippen LogP contribution is 2.29. The summed E-state index contributed by atoms with van der Waals surface area (Å²) >= 11 is 0. The SMILES string of the molecule is CC(C)c1ccc([C@H]2CCOC2)c(CN(C)CC(F)(F)F)n1. The molecule has 0 bridgehead atoms. The van der Waals surface area contributed by atoms with Gasteiger partial charge in [-0.05, 0) is 31.0 Å². The van der Waals surface area contributed by atoms with Crippen molar-refractivity contribution in [3.63, 3.8) is 0 Å². The third kappa shape index (κ3) is 4.68. The van der Waals surface area contributed by atoms with Crippen LogP contribution >= 0.6 is 0 Å². The topological polar surface area (TPSA) is 25.4 Å². The van der Waals surface area contributed by atoms with E-state index >= 15 is 0 Å². The molecule has 1 fully saturated rings. The Labute approximate surface area is 129 Å². The second-order valence-corrected chi connectivity index (χ2v) is 6.27. The van der Waals surface area contributed by atoms with Gasteiger partial charge in [0.25, 0.3) is 0 Å². The summed E-state index contributed by atoms with van der Waals surface area (Å²) < 4.78 is 43.0. The molecule has 1 aliphatic heterocycles. The van der Waals surface area contributed by atoms with Gasteiger partial charge in [0.15, 0.2) is 0 Å². The number of pyridine rings is 1. The molecule has 2 rings (SSSR count). The Bertz CT molecular complexity index is 497. The van der Waals surface area contributed by atoms with Crippen LogP contribution in [0.2, 0.25) is 0 Å². The van der Waals surface area contributed by atoms with Gasteiger partial charge in [0.1, 0.15) is 0 Å². The Morgan fingerprint density at radius 3 is 2.64 bits per heavy atom. The van der Waals surface area contributed by atoms with Gasteiger partial charge in [0, 0.05) is 24.8 Å². The highest BCUT2D eigenvalue weighted by molar-refractivity contribution is 5.28. The standard InChI is InChI=1S/C16H23F3N2O/c1-11(2)14-5-4-13(12-6-7-22-9-12)15(20-14)8-21(3)10-16(17,18)19/h4-5,11-12H,6-10H2,1-3H3/t12-/m0/s1. The third-order valence-corrected chi connectivity index (χ3v) is 3.86. The summed E-state index contributed by atoms with van der Waals surface area (Å²) in [7, 11) is 1.48. The Kier molecular flexibility index (Phi) is 5.45. The molecule has 22 heavy (non-hydrogen) atoms. The van der Waals surface area contributed by atoms with Crippen LogP contribution in [0.5, 0.6) is 0 Å². The first kappa shape index (κ1) is 17.2. The summed E-state index contributed by atoms with van der Waals surface area (Å²) in [5.41, 5.74) is 2.68. The molecular formula is C16H23F3N2O. The molecular weight excluding hydrogens is 293 g/mol. The molecule has 0 radical (unpaired) electrons. The smallest absolute Gasteiger partial charge is 0.381 e. The van der Waals surface area contributed by atoms with Crippen LogP contribution in [0.4, 0.5) is 13.2 Å². The zero-order chi connectivity index (χ0) is 16.3. The maximum atomic E-state index is 12.5. The molecule has 1 atom stereocenters. The maximum Gasteiger partial charge on any atom is 0.401 e. The van der Waals surface area contributed by atoms with E-state index < -0.39 is 12.7 Å². The predicted octanol–water partition coefficient (Wildman–Crippen LogP) is 3.70. The van der Waals surface area contributed by atoms with Gasteiger partial charge in [0.05, 0.1) is 18.8 Å². The highest BCUT2D eigenvalue weighted by Gasteiger charge is 2.30. The number of ether oxygens (including phenoxy) is 1. The van der Waals surface area contributed by atoms with Crippen LogP contribution < -0.4 is 0 Å². The molecule has 0 aromatic carbocycles. The normalized spacial score (nSPS) is 19.4. The summed E-state index contributed by atoms with van der Waals surface area (Å²) in [6.07, 6.45) is -3.29. The van der Waals surface area contributed by atoms with Crippen molar-refractivity contribution >= 4 is 0 Å². The fourth-order valence-electron chi connectivity index (χ4n) is 2.75. The van der Waals surface area contributed by atoms with Crippen LogP contribution in [-0.4, -0.2) is 42.9 Å². The fraction of sp³-hybridized carbons (Fsp3) is 0.688. The molecule has 2 heterocycles. The molecule has 1 aliphatic rings. The first-order valence-electron chi connectivity index (χ1n) is 7.59. The molecule has 0 spiro atoms. The molecule has 1 aromatic heterocycles. The van der Waals surface area contributed by atoms with Gasteiger partial charge >= 0.3 is 6.18 Å². The Hall–Kier alpha value is -1.14. The molecule has 1 saturated heterocycles. The second-order valence-electron chi connectivity index (χ2n) is 6.27. The first-order chi connectivity index (χ1) is 10.3. The van der Waals surface area contributed by atoms with E-state index in [-0.39, 0.29) is 18.4 Å². The fourth-order valence-corrected chi connectivity index (χ4v) is 2.75. The van der Waals surface area contributed by atoms with Crippen molar-refractivity contribution in [2.75, 3.05) is 26.8 Å². The van der Waals surface area contributed by atoms with Crippen LogP contribution in [0, 0.1) is 0 Å². The quantitative estimate of drug-likeness (QED) is 0.828. The van der Waals surface area contributed by atoms with Crippen LogP contribution in [0.3, 0.4) is 0 Å². The number of nitrogens with zero attached hydrogens (tertiary/aromatic N) is 2. The largest absolute Gasteiger partial charge is 0.401 e.